The van der Waals surface area contributed by atoms with E-state index in [4.69, 9.17) is 10.5 Å². The molecule has 1 heterocycles. The van der Waals surface area contributed by atoms with E-state index in [1.165, 1.54) is 6.92 Å². The molecule has 0 atom stereocenters. The summed E-state index contributed by atoms with van der Waals surface area (Å²) in [5.41, 5.74) is 6.36. The number of nitrogens with one attached hydrogen (secondary N) is 1. The van der Waals surface area contributed by atoms with E-state index >= 15 is 0 Å². The average molecular weight is 299 g/mol. The van der Waals surface area contributed by atoms with Crippen molar-refractivity contribution in [3.63, 3.8) is 0 Å². The van der Waals surface area contributed by atoms with Crippen molar-refractivity contribution in [1.82, 2.24) is 0 Å². The lowest BCUT2D eigenvalue weighted by atomic mass is 9.90. The minimum absolute atomic E-state index is 0. The van der Waals surface area contributed by atoms with Crippen LogP contribution in [0.3, 0.4) is 0 Å². The maximum Gasteiger partial charge on any atom is 0.244 e. The molecule has 1 aromatic rings. The minimum Gasteiger partial charge on any atom is -0.381 e. The fourth-order valence-electron chi connectivity index (χ4n) is 2.03. The highest BCUT2D eigenvalue weighted by molar-refractivity contribution is 6.00. The quantitative estimate of drug-likeness (QED) is 0.833. The molecular formula is C14H19ClN2O3. The van der Waals surface area contributed by atoms with E-state index in [2.05, 4.69) is 5.32 Å². The zero-order valence-corrected chi connectivity index (χ0v) is 12.2. The topological polar surface area (TPSA) is 81.4 Å². The molecule has 2 rings (SSSR count). The standard InChI is InChI=1S/C14H18N2O3.ClH/c1-10(17)11-3-2-4-12(9-11)16-13(18)14(15)5-7-19-8-6-14;/h2-4,9H,5-8,15H2,1H3,(H,16,18);1H. The normalized spacial score (nSPS) is 16.9. The summed E-state index contributed by atoms with van der Waals surface area (Å²) in [6, 6.07) is 6.85. The highest BCUT2D eigenvalue weighted by Crippen LogP contribution is 2.20. The lowest BCUT2D eigenvalue weighted by Gasteiger charge is -2.31. The maximum absolute atomic E-state index is 12.2. The van der Waals surface area contributed by atoms with Crippen molar-refractivity contribution in [2.75, 3.05) is 18.5 Å². The van der Waals surface area contributed by atoms with Gasteiger partial charge in [0.05, 0.1) is 0 Å². The molecule has 20 heavy (non-hydrogen) atoms. The van der Waals surface area contributed by atoms with Crippen molar-refractivity contribution < 1.29 is 14.3 Å². The van der Waals surface area contributed by atoms with Crippen molar-refractivity contribution in [1.29, 1.82) is 0 Å². The molecule has 1 fully saturated rings. The van der Waals surface area contributed by atoms with E-state index in [9.17, 15) is 9.59 Å². The summed E-state index contributed by atoms with van der Waals surface area (Å²) in [5.74, 6) is -0.263. The number of benzene rings is 1. The number of hydrogen-bond acceptors (Lipinski definition) is 4. The number of anilines is 1. The number of halogens is 1. The summed E-state index contributed by atoms with van der Waals surface area (Å²) in [6.45, 7) is 2.48. The fraction of sp³-hybridized carbons (Fsp3) is 0.429. The Morgan fingerprint density at radius 2 is 1.95 bits per heavy atom. The number of carbonyl (C=O) groups excluding carboxylic acids is 2. The summed E-state index contributed by atoms with van der Waals surface area (Å²) in [6.07, 6.45) is 1.01. The number of hydrogen-bond donors (Lipinski definition) is 2. The van der Waals surface area contributed by atoms with E-state index in [1.54, 1.807) is 24.3 Å². The molecule has 0 bridgehead atoms. The molecule has 0 aromatic heterocycles. The molecule has 0 aliphatic carbocycles. The van der Waals surface area contributed by atoms with Crippen LogP contribution in [0.5, 0.6) is 0 Å². The number of ether oxygens (including phenoxy) is 1. The number of carbonyl (C=O) groups is 2. The van der Waals surface area contributed by atoms with Crippen molar-refractivity contribution in [3.05, 3.63) is 29.8 Å². The van der Waals surface area contributed by atoms with Gasteiger partial charge in [-0.15, -0.1) is 12.4 Å². The summed E-state index contributed by atoms with van der Waals surface area (Å²) < 4.78 is 5.21. The second-order valence-corrected chi connectivity index (χ2v) is 4.86. The maximum atomic E-state index is 12.2. The van der Waals surface area contributed by atoms with Gasteiger partial charge >= 0.3 is 0 Å². The number of rotatable bonds is 3. The van der Waals surface area contributed by atoms with Crippen LogP contribution in [0.15, 0.2) is 24.3 Å². The molecule has 1 aliphatic rings. The van der Waals surface area contributed by atoms with Gasteiger partial charge in [0.25, 0.3) is 0 Å². The smallest absolute Gasteiger partial charge is 0.244 e. The van der Waals surface area contributed by atoms with Gasteiger partial charge in [-0.2, -0.15) is 0 Å². The molecule has 1 saturated heterocycles. The average Bonchev–Trinajstić information content (AvgIpc) is 2.40. The molecule has 1 amide bonds. The number of Topliss-reactive ketones (excluding diaryl/α,β-unsaturated/α-hetero) is 1. The van der Waals surface area contributed by atoms with Crippen LogP contribution in [0, 0.1) is 0 Å². The highest BCUT2D eigenvalue weighted by atomic mass is 35.5. The second-order valence-electron chi connectivity index (χ2n) is 4.86. The van der Waals surface area contributed by atoms with Crippen molar-refractivity contribution in [3.8, 4) is 0 Å². The Morgan fingerprint density at radius 1 is 1.30 bits per heavy atom. The summed E-state index contributed by atoms with van der Waals surface area (Å²) >= 11 is 0. The summed E-state index contributed by atoms with van der Waals surface area (Å²) in [7, 11) is 0. The fourth-order valence-corrected chi connectivity index (χ4v) is 2.03. The van der Waals surface area contributed by atoms with Crippen LogP contribution in [-0.4, -0.2) is 30.4 Å². The van der Waals surface area contributed by atoms with Crippen LogP contribution in [0.1, 0.15) is 30.1 Å². The Labute approximate surface area is 124 Å². The van der Waals surface area contributed by atoms with Crippen LogP contribution in [0.4, 0.5) is 5.69 Å². The first-order valence-electron chi connectivity index (χ1n) is 6.30. The molecule has 6 heteroatoms. The molecule has 1 aliphatic heterocycles. The molecule has 3 N–H and O–H groups in total. The number of amides is 1. The van der Waals surface area contributed by atoms with Crippen LogP contribution in [0.25, 0.3) is 0 Å². The zero-order chi connectivity index (χ0) is 13.9. The molecule has 0 radical (unpaired) electrons. The third-order valence-corrected chi connectivity index (χ3v) is 3.36. The van der Waals surface area contributed by atoms with Gasteiger partial charge in [-0.3, -0.25) is 9.59 Å². The summed E-state index contributed by atoms with van der Waals surface area (Å²) in [4.78, 5) is 23.5. The Bertz CT molecular complexity index is 499. The molecule has 110 valence electrons. The number of nitrogens with two attached hydrogens (primary N) is 1. The van der Waals surface area contributed by atoms with E-state index in [-0.39, 0.29) is 24.1 Å². The molecule has 0 unspecified atom stereocenters. The largest absolute Gasteiger partial charge is 0.381 e. The Balaban J connectivity index is 0.00000200. The second kappa shape index (κ2) is 6.83. The van der Waals surface area contributed by atoms with Gasteiger partial charge in [0.15, 0.2) is 5.78 Å². The monoisotopic (exact) mass is 298 g/mol. The van der Waals surface area contributed by atoms with Gasteiger partial charge in [0.1, 0.15) is 5.54 Å². The SMILES string of the molecule is CC(=O)c1cccc(NC(=O)C2(N)CCOCC2)c1.Cl. The molecular weight excluding hydrogens is 280 g/mol. The molecule has 5 nitrogen and oxygen atoms in total. The van der Waals surface area contributed by atoms with Crippen molar-refractivity contribution in [2.45, 2.75) is 25.3 Å². The van der Waals surface area contributed by atoms with Gasteiger partial charge in [-0.05, 0) is 31.9 Å². The Hall–Kier alpha value is -1.43. The lowest BCUT2D eigenvalue weighted by Crippen LogP contribution is -2.54. The predicted octanol–water partition coefficient (Wildman–Crippen LogP) is 1.76. The van der Waals surface area contributed by atoms with Crippen LogP contribution >= 0.6 is 12.4 Å². The van der Waals surface area contributed by atoms with E-state index in [1.807, 2.05) is 0 Å². The third-order valence-electron chi connectivity index (χ3n) is 3.36. The van der Waals surface area contributed by atoms with Crippen LogP contribution in [-0.2, 0) is 9.53 Å². The Kier molecular flexibility index (Phi) is 5.68. The molecule has 0 spiro atoms. The van der Waals surface area contributed by atoms with E-state index in [0.29, 0.717) is 37.3 Å². The lowest BCUT2D eigenvalue weighted by molar-refractivity contribution is -0.124. The predicted molar refractivity (Wildman–Crippen MR) is 79.3 cm³/mol. The van der Waals surface area contributed by atoms with Crippen molar-refractivity contribution in [2.24, 2.45) is 5.73 Å². The first kappa shape index (κ1) is 16.6. The van der Waals surface area contributed by atoms with Gasteiger partial charge < -0.3 is 15.8 Å². The summed E-state index contributed by atoms with van der Waals surface area (Å²) in [5, 5.41) is 2.78. The van der Waals surface area contributed by atoms with Gasteiger partial charge in [0.2, 0.25) is 5.91 Å². The van der Waals surface area contributed by atoms with Gasteiger partial charge in [-0.1, -0.05) is 12.1 Å². The first-order valence-corrected chi connectivity index (χ1v) is 6.30. The van der Waals surface area contributed by atoms with E-state index in [0.717, 1.165) is 0 Å². The van der Waals surface area contributed by atoms with Crippen molar-refractivity contribution >= 4 is 29.8 Å². The Morgan fingerprint density at radius 3 is 2.55 bits per heavy atom. The van der Waals surface area contributed by atoms with E-state index < -0.39 is 5.54 Å². The number of ketones is 1. The molecule has 1 aromatic carbocycles. The van der Waals surface area contributed by atoms with Crippen LogP contribution in [0.2, 0.25) is 0 Å². The zero-order valence-electron chi connectivity index (χ0n) is 11.3. The highest BCUT2D eigenvalue weighted by Gasteiger charge is 2.35. The minimum atomic E-state index is -0.884. The third kappa shape index (κ3) is 3.79. The van der Waals surface area contributed by atoms with Gasteiger partial charge in [-0.25, -0.2) is 0 Å². The van der Waals surface area contributed by atoms with Gasteiger partial charge in [0, 0.05) is 24.5 Å². The molecule has 0 saturated carbocycles. The van der Waals surface area contributed by atoms with Crippen LogP contribution < -0.4 is 11.1 Å². The first-order chi connectivity index (χ1) is 9.01.